The first-order valence-corrected chi connectivity index (χ1v) is 7.31. The van der Waals surface area contributed by atoms with Gasteiger partial charge in [-0.15, -0.1) is 11.3 Å². The maximum absolute atomic E-state index is 11.7. The van der Waals surface area contributed by atoms with Crippen molar-refractivity contribution in [3.05, 3.63) is 16.1 Å². The number of esters is 1. The summed E-state index contributed by atoms with van der Waals surface area (Å²) in [5.74, 6) is 0.00963. The van der Waals surface area contributed by atoms with E-state index in [4.69, 9.17) is 4.74 Å². The van der Waals surface area contributed by atoms with Gasteiger partial charge in [-0.3, -0.25) is 9.69 Å². The van der Waals surface area contributed by atoms with E-state index in [-0.39, 0.29) is 11.9 Å². The van der Waals surface area contributed by atoms with Crippen molar-refractivity contribution in [2.75, 3.05) is 19.7 Å². The zero-order valence-electron chi connectivity index (χ0n) is 11.0. The van der Waals surface area contributed by atoms with E-state index >= 15 is 0 Å². The Bertz CT molecular complexity index is 405. The molecule has 1 atom stereocenters. The van der Waals surface area contributed by atoms with E-state index in [1.807, 2.05) is 20.0 Å². The minimum atomic E-state index is -0.0392. The second kappa shape index (κ2) is 6.29. The Morgan fingerprint density at radius 2 is 2.50 bits per heavy atom. The highest BCUT2D eigenvalue weighted by Gasteiger charge is 2.26. The summed E-state index contributed by atoms with van der Waals surface area (Å²) in [6.45, 7) is 7.14. The Balaban J connectivity index is 1.88. The quantitative estimate of drug-likeness (QED) is 0.785. The van der Waals surface area contributed by atoms with Gasteiger partial charge >= 0.3 is 5.97 Å². The minimum Gasteiger partial charge on any atom is -0.466 e. The molecule has 1 saturated heterocycles. The summed E-state index contributed by atoms with van der Waals surface area (Å²) in [5.41, 5.74) is 0. The fraction of sp³-hybridized carbons (Fsp3) is 0.692. The standard InChI is InChI=1S/C13H20N2O2S/c1-3-17-13(16)11-5-4-6-15(8-11)9-12-7-14-10(2)18-12/h7,11H,3-6,8-9H2,1-2H3/t11-/m1/s1. The van der Waals surface area contributed by atoms with Gasteiger partial charge in [0.05, 0.1) is 17.5 Å². The van der Waals surface area contributed by atoms with Gasteiger partial charge < -0.3 is 4.74 Å². The third kappa shape index (κ3) is 3.53. The SMILES string of the molecule is CCOC(=O)[C@@H]1CCCN(Cc2cnc(C)s2)C1. The molecule has 1 fully saturated rings. The monoisotopic (exact) mass is 268 g/mol. The molecule has 0 unspecified atom stereocenters. The topological polar surface area (TPSA) is 42.4 Å². The molecule has 0 bridgehead atoms. The van der Waals surface area contributed by atoms with Crippen LogP contribution in [0.4, 0.5) is 0 Å². The molecule has 5 heteroatoms. The first kappa shape index (κ1) is 13.5. The Morgan fingerprint density at radius 1 is 1.67 bits per heavy atom. The summed E-state index contributed by atoms with van der Waals surface area (Å²) >= 11 is 1.73. The average molecular weight is 268 g/mol. The van der Waals surface area contributed by atoms with Gasteiger partial charge in [-0.05, 0) is 33.2 Å². The molecule has 4 nitrogen and oxygen atoms in total. The van der Waals surface area contributed by atoms with Crippen molar-refractivity contribution in [2.24, 2.45) is 5.92 Å². The summed E-state index contributed by atoms with van der Waals surface area (Å²) in [6.07, 6.45) is 3.96. The van der Waals surface area contributed by atoms with Crippen molar-refractivity contribution in [1.29, 1.82) is 0 Å². The number of likely N-dealkylation sites (tertiary alicyclic amines) is 1. The van der Waals surface area contributed by atoms with Crippen LogP contribution < -0.4 is 0 Å². The smallest absolute Gasteiger partial charge is 0.310 e. The van der Waals surface area contributed by atoms with Gasteiger partial charge in [0.25, 0.3) is 0 Å². The lowest BCUT2D eigenvalue weighted by Crippen LogP contribution is -2.38. The van der Waals surface area contributed by atoms with Crippen molar-refractivity contribution in [1.82, 2.24) is 9.88 Å². The van der Waals surface area contributed by atoms with Crippen molar-refractivity contribution in [3.63, 3.8) is 0 Å². The number of aromatic nitrogens is 1. The molecule has 0 aromatic carbocycles. The maximum Gasteiger partial charge on any atom is 0.310 e. The number of piperidine rings is 1. The Morgan fingerprint density at radius 3 is 3.17 bits per heavy atom. The van der Waals surface area contributed by atoms with Crippen LogP contribution in [0, 0.1) is 12.8 Å². The summed E-state index contributed by atoms with van der Waals surface area (Å²) in [7, 11) is 0. The lowest BCUT2D eigenvalue weighted by molar-refractivity contribution is -0.150. The fourth-order valence-electron chi connectivity index (χ4n) is 2.35. The highest BCUT2D eigenvalue weighted by Crippen LogP contribution is 2.21. The molecular formula is C13H20N2O2S. The molecule has 2 rings (SSSR count). The van der Waals surface area contributed by atoms with Crippen LogP contribution in [-0.4, -0.2) is 35.5 Å². The molecule has 0 spiro atoms. The second-order valence-corrected chi connectivity index (χ2v) is 5.99. The van der Waals surface area contributed by atoms with E-state index in [9.17, 15) is 4.79 Å². The molecule has 0 aliphatic carbocycles. The van der Waals surface area contributed by atoms with Crippen LogP contribution in [0.15, 0.2) is 6.20 Å². The second-order valence-electron chi connectivity index (χ2n) is 4.67. The van der Waals surface area contributed by atoms with Gasteiger partial charge in [0.15, 0.2) is 0 Å². The van der Waals surface area contributed by atoms with Crippen LogP contribution in [0.25, 0.3) is 0 Å². The number of aryl methyl sites for hydroxylation is 1. The summed E-state index contributed by atoms with van der Waals surface area (Å²) < 4.78 is 5.11. The van der Waals surface area contributed by atoms with Crippen LogP contribution in [0.3, 0.4) is 0 Å². The van der Waals surface area contributed by atoms with Gasteiger partial charge in [0.2, 0.25) is 0 Å². The summed E-state index contributed by atoms with van der Waals surface area (Å²) in [4.78, 5) is 19.6. The number of thiazole rings is 1. The highest BCUT2D eigenvalue weighted by atomic mass is 32.1. The first-order valence-electron chi connectivity index (χ1n) is 6.49. The van der Waals surface area contributed by atoms with E-state index in [2.05, 4.69) is 9.88 Å². The molecule has 0 N–H and O–H groups in total. The summed E-state index contributed by atoms with van der Waals surface area (Å²) in [6, 6.07) is 0. The lowest BCUT2D eigenvalue weighted by atomic mass is 9.98. The van der Waals surface area contributed by atoms with Gasteiger partial charge in [-0.25, -0.2) is 4.98 Å². The first-order chi connectivity index (χ1) is 8.69. The predicted molar refractivity (Wildman–Crippen MR) is 71.5 cm³/mol. The fourth-order valence-corrected chi connectivity index (χ4v) is 3.19. The number of rotatable bonds is 4. The molecule has 18 heavy (non-hydrogen) atoms. The Labute approximate surface area is 112 Å². The summed E-state index contributed by atoms with van der Waals surface area (Å²) in [5, 5.41) is 1.10. The van der Waals surface area contributed by atoms with Gasteiger partial charge in [-0.1, -0.05) is 0 Å². The largest absolute Gasteiger partial charge is 0.466 e. The Hall–Kier alpha value is -0.940. The molecule has 1 aromatic rings. The van der Waals surface area contributed by atoms with Gasteiger partial charge in [0, 0.05) is 24.2 Å². The Kier molecular flexibility index (Phi) is 4.72. The maximum atomic E-state index is 11.7. The molecular weight excluding hydrogens is 248 g/mol. The highest BCUT2D eigenvalue weighted by molar-refractivity contribution is 7.11. The number of ether oxygens (including phenoxy) is 1. The number of hydrogen-bond acceptors (Lipinski definition) is 5. The number of nitrogens with zero attached hydrogens (tertiary/aromatic N) is 2. The molecule has 1 aliphatic rings. The van der Waals surface area contributed by atoms with Crippen LogP contribution in [0.1, 0.15) is 29.7 Å². The van der Waals surface area contributed by atoms with Crippen LogP contribution in [-0.2, 0) is 16.1 Å². The van der Waals surface area contributed by atoms with Gasteiger partial charge in [-0.2, -0.15) is 0 Å². The van der Waals surface area contributed by atoms with Crippen molar-refractivity contribution < 1.29 is 9.53 Å². The molecule has 1 aromatic heterocycles. The predicted octanol–water partition coefficient (Wildman–Crippen LogP) is 2.23. The zero-order valence-corrected chi connectivity index (χ0v) is 11.8. The van der Waals surface area contributed by atoms with Gasteiger partial charge in [0.1, 0.15) is 0 Å². The zero-order chi connectivity index (χ0) is 13.0. The number of carbonyl (C=O) groups is 1. The molecule has 0 amide bonds. The van der Waals surface area contributed by atoms with E-state index in [1.165, 1.54) is 4.88 Å². The number of carbonyl (C=O) groups excluding carboxylic acids is 1. The van der Waals surface area contributed by atoms with E-state index in [0.717, 1.165) is 37.5 Å². The van der Waals surface area contributed by atoms with E-state index < -0.39 is 0 Å². The average Bonchev–Trinajstić information content (AvgIpc) is 2.75. The molecule has 1 aliphatic heterocycles. The molecule has 100 valence electrons. The van der Waals surface area contributed by atoms with Crippen molar-refractivity contribution in [3.8, 4) is 0 Å². The van der Waals surface area contributed by atoms with Crippen LogP contribution >= 0.6 is 11.3 Å². The van der Waals surface area contributed by atoms with Crippen LogP contribution in [0.2, 0.25) is 0 Å². The molecule has 0 saturated carbocycles. The molecule has 0 radical (unpaired) electrons. The van der Waals surface area contributed by atoms with E-state index in [0.29, 0.717) is 6.61 Å². The van der Waals surface area contributed by atoms with Crippen LogP contribution in [0.5, 0.6) is 0 Å². The normalized spacial score (nSPS) is 20.9. The third-order valence-corrected chi connectivity index (χ3v) is 4.07. The van der Waals surface area contributed by atoms with Crippen molar-refractivity contribution in [2.45, 2.75) is 33.2 Å². The lowest BCUT2D eigenvalue weighted by Gasteiger charge is -2.30. The third-order valence-electron chi connectivity index (χ3n) is 3.17. The number of hydrogen-bond donors (Lipinski definition) is 0. The molecule has 2 heterocycles. The van der Waals surface area contributed by atoms with Crippen molar-refractivity contribution >= 4 is 17.3 Å². The van der Waals surface area contributed by atoms with E-state index in [1.54, 1.807) is 11.3 Å². The minimum absolute atomic E-state index is 0.0392.